The molecule has 1 unspecified atom stereocenters. The molecule has 8 heteroatoms. The third-order valence-corrected chi connectivity index (χ3v) is 5.82. The number of rotatable bonds is 5. The number of urea groups is 1. The molecule has 2 fully saturated rings. The topological polar surface area (TPSA) is 81.8 Å². The van der Waals surface area contributed by atoms with Crippen LogP contribution in [0.25, 0.3) is 0 Å². The number of hydrogen-bond acceptors (Lipinski definition) is 4. The minimum absolute atomic E-state index is 0.279. The number of carbonyl (C=O) groups excluding carboxylic acids is 3. The van der Waals surface area contributed by atoms with Gasteiger partial charge in [0.15, 0.2) is 0 Å². The van der Waals surface area contributed by atoms with Crippen LogP contribution in [0.3, 0.4) is 0 Å². The van der Waals surface area contributed by atoms with Gasteiger partial charge >= 0.3 is 6.03 Å². The first-order chi connectivity index (χ1) is 14.9. The molecule has 2 N–H and O–H groups in total. The number of benzene rings is 2. The van der Waals surface area contributed by atoms with E-state index >= 15 is 0 Å². The lowest BCUT2D eigenvalue weighted by Gasteiger charge is -2.38. The smallest absolute Gasteiger partial charge is 0.324 e. The van der Waals surface area contributed by atoms with Crippen LogP contribution in [-0.2, 0) is 16.1 Å². The van der Waals surface area contributed by atoms with Crippen molar-refractivity contribution in [2.24, 2.45) is 0 Å². The molecule has 7 nitrogen and oxygen atoms in total. The van der Waals surface area contributed by atoms with Gasteiger partial charge in [0.25, 0.3) is 5.91 Å². The van der Waals surface area contributed by atoms with Gasteiger partial charge < -0.3 is 10.6 Å². The highest BCUT2D eigenvalue weighted by Gasteiger charge is 2.53. The molecule has 2 aliphatic rings. The maximum atomic E-state index is 13.7. The zero-order valence-corrected chi connectivity index (χ0v) is 17.4. The molecule has 31 heavy (non-hydrogen) atoms. The molecule has 0 bridgehead atoms. The molecule has 4 amide bonds. The lowest BCUT2D eigenvalue weighted by molar-refractivity contribution is -0.135. The van der Waals surface area contributed by atoms with Crippen molar-refractivity contribution in [3.05, 3.63) is 65.5 Å². The number of nitrogens with zero attached hydrogens (tertiary/aromatic N) is 2. The quantitative estimate of drug-likeness (QED) is 0.723. The molecule has 0 aliphatic carbocycles. The third kappa shape index (κ3) is 4.44. The van der Waals surface area contributed by atoms with Crippen LogP contribution in [0.2, 0.25) is 0 Å². The predicted molar refractivity (Wildman–Crippen MR) is 114 cm³/mol. The summed E-state index contributed by atoms with van der Waals surface area (Å²) in [6.07, 6.45) is 1.30. The molecule has 4 rings (SSSR count). The van der Waals surface area contributed by atoms with Gasteiger partial charge in [0.2, 0.25) is 5.91 Å². The number of halogens is 1. The summed E-state index contributed by atoms with van der Waals surface area (Å²) in [6, 6.07) is 13.7. The van der Waals surface area contributed by atoms with Crippen molar-refractivity contribution in [2.75, 3.05) is 25.0 Å². The summed E-state index contributed by atoms with van der Waals surface area (Å²) in [6.45, 7) is 3.12. The fraction of sp³-hybridized carbons (Fsp3) is 0.348. The second kappa shape index (κ2) is 8.47. The van der Waals surface area contributed by atoms with E-state index in [9.17, 15) is 18.8 Å². The average Bonchev–Trinajstić information content (AvgIpc) is 2.95. The van der Waals surface area contributed by atoms with Gasteiger partial charge in [0.05, 0.1) is 0 Å². The Morgan fingerprint density at radius 2 is 1.97 bits per heavy atom. The fourth-order valence-electron chi connectivity index (χ4n) is 4.23. The second-order valence-electron chi connectivity index (χ2n) is 8.22. The number of hydrogen-bond donors (Lipinski definition) is 2. The van der Waals surface area contributed by atoms with Crippen LogP contribution in [0.5, 0.6) is 0 Å². The van der Waals surface area contributed by atoms with E-state index in [0.29, 0.717) is 25.1 Å². The molecule has 2 aliphatic heterocycles. The number of anilines is 1. The highest BCUT2D eigenvalue weighted by Crippen LogP contribution is 2.29. The number of piperidine rings is 1. The highest BCUT2D eigenvalue weighted by atomic mass is 19.1. The SMILES string of the molecule is Cc1ccc(NC(=O)CN2C(=O)NC3(CCCN(Cc4ccccc4)C3)C2=O)cc1F. The molecule has 2 saturated heterocycles. The summed E-state index contributed by atoms with van der Waals surface area (Å²) in [5.41, 5.74) is 0.867. The number of likely N-dealkylation sites (tertiary alicyclic amines) is 1. The van der Waals surface area contributed by atoms with Crippen molar-refractivity contribution in [1.82, 2.24) is 15.1 Å². The number of aryl methyl sites for hydroxylation is 1. The summed E-state index contributed by atoms with van der Waals surface area (Å²) in [5.74, 6) is -1.38. The lowest BCUT2D eigenvalue weighted by atomic mass is 9.88. The van der Waals surface area contributed by atoms with E-state index in [4.69, 9.17) is 0 Å². The Bertz CT molecular complexity index is 1010. The van der Waals surface area contributed by atoms with E-state index < -0.39 is 29.8 Å². The van der Waals surface area contributed by atoms with Crippen molar-refractivity contribution in [2.45, 2.75) is 31.8 Å². The third-order valence-electron chi connectivity index (χ3n) is 5.82. The second-order valence-corrected chi connectivity index (χ2v) is 8.22. The van der Waals surface area contributed by atoms with E-state index in [1.807, 2.05) is 30.3 Å². The lowest BCUT2D eigenvalue weighted by Crippen LogP contribution is -2.58. The summed E-state index contributed by atoms with van der Waals surface area (Å²) in [5, 5.41) is 5.37. The highest BCUT2D eigenvalue weighted by molar-refractivity contribution is 6.10. The first-order valence-corrected chi connectivity index (χ1v) is 10.3. The molecule has 2 aromatic rings. The number of imide groups is 1. The van der Waals surface area contributed by atoms with Crippen molar-refractivity contribution >= 4 is 23.5 Å². The van der Waals surface area contributed by atoms with Crippen LogP contribution < -0.4 is 10.6 Å². The summed E-state index contributed by atoms with van der Waals surface area (Å²) in [7, 11) is 0. The van der Waals surface area contributed by atoms with Crippen LogP contribution in [0.1, 0.15) is 24.0 Å². The van der Waals surface area contributed by atoms with E-state index in [-0.39, 0.29) is 11.6 Å². The molecule has 0 aromatic heterocycles. The molecule has 1 atom stereocenters. The number of carbonyl (C=O) groups is 3. The van der Waals surface area contributed by atoms with E-state index in [0.717, 1.165) is 23.4 Å². The molecular formula is C23H25FN4O3. The van der Waals surface area contributed by atoms with Gasteiger partial charge in [-0.2, -0.15) is 0 Å². The normalized spacial score (nSPS) is 21.4. The Labute approximate surface area is 180 Å². The van der Waals surface area contributed by atoms with E-state index in [1.54, 1.807) is 19.1 Å². The summed E-state index contributed by atoms with van der Waals surface area (Å²) < 4.78 is 13.7. The Balaban J connectivity index is 1.41. The number of amides is 4. The maximum Gasteiger partial charge on any atom is 0.325 e. The van der Waals surface area contributed by atoms with Crippen LogP contribution in [-0.4, -0.2) is 52.8 Å². The van der Waals surface area contributed by atoms with Gasteiger partial charge in [0.1, 0.15) is 17.9 Å². The average molecular weight is 424 g/mol. The number of nitrogens with one attached hydrogen (secondary N) is 2. The van der Waals surface area contributed by atoms with E-state index in [2.05, 4.69) is 15.5 Å². The molecule has 162 valence electrons. The largest absolute Gasteiger partial charge is 0.325 e. The molecule has 2 heterocycles. The predicted octanol–water partition coefficient (Wildman–Crippen LogP) is 2.66. The van der Waals surface area contributed by atoms with Crippen molar-refractivity contribution in [1.29, 1.82) is 0 Å². The van der Waals surface area contributed by atoms with Crippen molar-refractivity contribution in [3.63, 3.8) is 0 Å². The minimum atomic E-state index is -1.01. The van der Waals surface area contributed by atoms with Crippen LogP contribution in [0.4, 0.5) is 14.9 Å². The maximum absolute atomic E-state index is 13.7. The van der Waals surface area contributed by atoms with Gasteiger partial charge in [0, 0.05) is 18.8 Å². The standard InChI is InChI=1S/C23H25FN4O3/c1-16-8-9-18(12-19(16)24)25-20(29)14-28-21(30)23(26-22(28)31)10-5-11-27(15-23)13-17-6-3-2-4-7-17/h2-4,6-9,12H,5,10-11,13-15H2,1H3,(H,25,29)(H,26,31). The Morgan fingerprint density at radius 3 is 2.71 bits per heavy atom. The summed E-state index contributed by atoms with van der Waals surface area (Å²) in [4.78, 5) is 41.2. The first-order valence-electron chi connectivity index (χ1n) is 10.3. The van der Waals surface area contributed by atoms with E-state index in [1.165, 1.54) is 6.07 Å². The van der Waals surface area contributed by atoms with Crippen LogP contribution in [0, 0.1) is 12.7 Å². The fourth-order valence-corrected chi connectivity index (χ4v) is 4.23. The Kier molecular flexibility index (Phi) is 5.73. The van der Waals surface area contributed by atoms with Gasteiger partial charge in [-0.1, -0.05) is 36.4 Å². The molecule has 0 radical (unpaired) electrons. The molecular weight excluding hydrogens is 399 g/mol. The summed E-state index contributed by atoms with van der Waals surface area (Å²) >= 11 is 0. The Morgan fingerprint density at radius 1 is 1.19 bits per heavy atom. The molecule has 0 saturated carbocycles. The van der Waals surface area contributed by atoms with Gasteiger partial charge in [-0.05, 0) is 49.6 Å². The molecule has 2 aromatic carbocycles. The van der Waals surface area contributed by atoms with Crippen LogP contribution >= 0.6 is 0 Å². The monoisotopic (exact) mass is 424 g/mol. The van der Waals surface area contributed by atoms with Crippen molar-refractivity contribution < 1.29 is 18.8 Å². The van der Waals surface area contributed by atoms with Gasteiger partial charge in [-0.25, -0.2) is 9.18 Å². The van der Waals surface area contributed by atoms with Gasteiger partial charge in [-0.15, -0.1) is 0 Å². The van der Waals surface area contributed by atoms with Gasteiger partial charge in [-0.3, -0.25) is 19.4 Å². The first kappa shape index (κ1) is 21.0. The minimum Gasteiger partial charge on any atom is -0.324 e. The Hall–Kier alpha value is -3.26. The van der Waals surface area contributed by atoms with Crippen molar-refractivity contribution in [3.8, 4) is 0 Å². The van der Waals surface area contributed by atoms with Crippen LogP contribution in [0.15, 0.2) is 48.5 Å². The zero-order chi connectivity index (χ0) is 22.0. The zero-order valence-electron chi connectivity index (χ0n) is 17.4. The molecule has 1 spiro atoms.